The smallest absolute Gasteiger partial charge is 0.135 e. The molecule has 5 aliphatic heterocycles. The van der Waals surface area contributed by atoms with Crippen LogP contribution in [0.15, 0.2) is 0 Å². The summed E-state index contributed by atoms with van der Waals surface area (Å²) in [7, 11) is 0. The molecule has 6 fully saturated rings. The summed E-state index contributed by atoms with van der Waals surface area (Å²) >= 11 is 0. The molecule has 0 aromatic heterocycles. The number of rotatable bonds is 0. The zero-order valence-electron chi connectivity index (χ0n) is 4.86. The minimum absolute atomic E-state index is 0.134. The highest BCUT2D eigenvalue weighted by Gasteiger charge is 3.03. The van der Waals surface area contributed by atoms with Gasteiger partial charge in [-0.25, -0.2) is 0 Å². The van der Waals surface area contributed by atoms with Crippen molar-refractivity contribution in [2.24, 2.45) is 17.6 Å². The van der Waals surface area contributed by atoms with Gasteiger partial charge in [0.1, 0.15) is 5.79 Å². The predicted molar refractivity (Wildman–Crippen MR) is 28.9 cm³/mol. The lowest BCUT2D eigenvalue weighted by Crippen LogP contribution is -3.25. The lowest BCUT2D eigenvalue weighted by Gasteiger charge is -3.07. The molecule has 46 valence electrons. The Kier molecular flexibility index (Phi) is 0.191. The average Bonchev–Trinajstić information content (AvgIpc) is 1.88. The molecule has 0 radical (unpaired) electrons. The summed E-state index contributed by atoms with van der Waals surface area (Å²) in [5.74, 6) is 2.13. The molecule has 3 heteroatoms. The third-order valence-corrected chi connectivity index (χ3v) is 4.40. The molecule has 5 heterocycles. The molecule has 0 bridgehead atoms. The highest BCUT2D eigenvalue weighted by Crippen LogP contribution is 2.86. The minimum atomic E-state index is 0.134. The number of hydrogen-bond acceptors (Lipinski definition) is 3. The molecular weight excluding hydrogens is 114 g/mol. The molecule has 2 unspecified atom stereocenters. The van der Waals surface area contributed by atoms with Gasteiger partial charge in [0.2, 0.25) is 0 Å². The first-order valence-corrected chi connectivity index (χ1v) is 3.72. The second-order valence-electron chi connectivity index (χ2n) is 4.10. The van der Waals surface area contributed by atoms with Crippen molar-refractivity contribution in [3.8, 4) is 0 Å². The fourth-order valence-electron chi connectivity index (χ4n) is 4.12. The van der Waals surface area contributed by atoms with Crippen molar-refractivity contribution in [3.05, 3.63) is 0 Å². The summed E-state index contributed by atoms with van der Waals surface area (Å²) in [4.78, 5) is 4.98. The topological polar surface area (TPSA) is 32.5 Å². The number of hydrogen-bond donors (Lipinski definition) is 1. The Labute approximate surface area is 52.4 Å². The van der Waals surface area contributed by atoms with E-state index in [1.807, 2.05) is 0 Å². The lowest BCUT2D eigenvalue weighted by atomic mass is 9.32. The molecule has 2 atom stereocenters. The van der Waals surface area contributed by atoms with E-state index in [2.05, 4.69) is 9.80 Å². The van der Waals surface area contributed by atoms with Gasteiger partial charge in [0, 0.05) is 23.9 Å². The third-order valence-electron chi connectivity index (χ3n) is 4.40. The van der Waals surface area contributed by atoms with Crippen molar-refractivity contribution in [1.29, 1.82) is 0 Å². The van der Waals surface area contributed by atoms with E-state index in [0.717, 1.165) is 30.1 Å². The van der Waals surface area contributed by atoms with Crippen LogP contribution in [0.4, 0.5) is 0 Å². The SMILES string of the molecule is NC12C3C4C5C3N1C5N42. The van der Waals surface area contributed by atoms with Crippen LogP contribution in [-0.4, -0.2) is 33.8 Å². The average molecular weight is 121 g/mol. The quantitative estimate of drug-likeness (QED) is 0.426. The zero-order chi connectivity index (χ0) is 5.54. The number of nitrogens with two attached hydrogens (primary N) is 1. The van der Waals surface area contributed by atoms with Crippen LogP contribution in [0.3, 0.4) is 0 Å². The largest absolute Gasteiger partial charge is 0.300 e. The molecule has 0 aromatic rings. The van der Waals surface area contributed by atoms with Gasteiger partial charge in [-0.1, -0.05) is 0 Å². The monoisotopic (exact) mass is 121 g/mol. The van der Waals surface area contributed by atoms with E-state index < -0.39 is 0 Å². The lowest BCUT2D eigenvalue weighted by molar-refractivity contribution is -0.644. The van der Waals surface area contributed by atoms with E-state index in [4.69, 9.17) is 5.73 Å². The first-order valence-electron chi connectivity index (χ1n) is 3.72. The van der Waals surface area contributed by atoms with Crippen LogP contribution in [0, 0.1) is 11.8 Å². The maximum absolute atomic E-state index is 6.03. The van der Waals surface area contributed by atoms with Gasteiger partial charge < -0.3 is 5.73 Å². The molecule has 1 aliphatic carbocycles. The van der Waals surface area contributed by atoms with Crippen LogP contribution in [0.1, 0.15) is 0 Å². The van der Waals surface area contributed by atoms with Crippen LogP contribution in [0.2, 0.25) is 0 Å². The summed E-state index contributed by atoms with van der Waals surface area (Å²) in [6.07, 6.45) is 0.843. The number of nitrogens with zero attached hydrogens (tertiary/aromatic N) is 2. The maximum atomic E-state index is 6.03. The maximum Gasteiger partial charge on any atom is 0.135 e. The first-order chi connectivity index (χ1) is 4.37. The predicted octanol–water partition coefficient (Wildman–Crippen LogP) is -1.43. The Morgan fingerprint density at radius 3 is 2.11 bits per heavy atom. The summed E-state index contributed by atoms with van der Waals surface area (Å²) < 4.78 is 0. The summed E-state index contributed by atoms with van der Waals surface area (Å²) in [5, 5.41) is 0. The Morgan fingerprint density at radius 1 is 1.22 bits per heavy atom. The van der Waals surface area contributed by atoms with Gasteiger partial charge in [0.05, 0.1) is 6.17 Å². The third kappa shape index (κ3) is 0.0938. The van der Waals surface area contributed by atoms with E-state index in [9.17, 15) is 0 Å². The summed E-state index contributed by atoms with van der Waals surface area (Å²) in [6.45, 7) is 0. The molecule has 2 N–H and O–H groups in total. The summed E-state index contributed by atoms with van der Waals surface area (Å²) in [5.41, 5.74) is 6.03. The van der Waals surface area contributed by atoms with E-state index in [-0.39, 0.29) is 5.79 Å². The van der Waals surface area contributed by atoms with Gasteiger partial charge in [-0.2, -0.15) is 0 Å². The fourth-order valence-corrected chi connectivity index (χ4v) is 4.12. The standard InChI is InChI=1S/C6H7N3/c7-6-2-3-1-4(2)9(6)5(1)8(3)6/h1-5H,7H2. The normalized spacial score (nSPS) is 93.7. The van der Waals surface area contributed by atoms with E-state index in [0.29, 0.717) is 0 Å². The Hall–Kier alpha value is -0.120. The Morgan fingerprint density at radius 2 is 1.89 bits per heavy atom. The molecule has 6 rings (SSSR count). The van der Waals surface area contributed by atoms with Crippen molar-refractivity contribution in [1.82, 2.24) is 9.80 Å². The van der Waals surface area contributed by atoms with Gasteiger partial charge in [0.15, 0.2) is 0 Å². The van der Waals surface area contributed by atoms with Crippen LogP contribution in [0.25, 0.3) is 0 Å². The van der Waals surface area contributed by atoms with Crippen molar-refractivity contribution in [3.63, 3.8) is 0 Å². The summed E-state index contributed by atoms with van der Waals surface area (Å²) in [6, 6.07) is 1.94. The van der Waals surface area contributed by atoms with Gasteiger partial charge >= 0.3 is 0 Å². The van der Waals surface area contributed by atoms with Crippen LogP contribution >= 0.6 is 0 Å². The molecular formula is C6H7N3. The molecule has 6 aliphatic rings. The first kappa shape index (κ1) is 3.32. The van der Waals surface area contributed by atoms with E-state index in [1.165, 1.54) is 0 Å². The molecule has 1 saturated carbocycles. The molecule has 9 heavy (non-hydrogen) atoms. The van der Waals surface area contributed by atoms with Crippen LogP contribution < -0.4 is 5.73 Å². The Bertz CT molecular complexity index is 210. The highest BCUT2D eigenvalue weighted by molar-refractivity contribution is 5.51. The van der Waals surface area contributed by atoms with E-state index in [1.54, 1.807) is 0 Å². The molecule has 3 nitrogen and oxygen atoms in total. The molecule has 0 spiro atoms. The van der Waals surface area contributed by atoms with Crippen molar-refractivity contribution in [2.75, 3.05) is 0 Å². The van der Waals surface area contributed by atoms with Crippen molar-refractivity contribution in [2.45, 2.75) is 24.0 Å². The second kappa shape index (κ2) is 0.516. The zero-order valence-corrected chi connectivity index (χ0v) is 4.86. The van der Waals surface area contributed by atoms with Crippen LogP contribution in [0.5, 0.6) is 0 Å². The second-order valence-corrected chi connectivity index (χ2v) is 4.10. The van der Waals surface area contributed by atoms with Gasteiger partial charge in [-0.3, -0.25) is 9.80 Å². The Balaban J connectivity index is 1.93. The highest BCUT2D eigenvalue weighted by atomic mass is 15.9. The fraction of sp³-hybridized carbons (Fsp3) is 1.00. The van der Waals surface area contributed by atoms with E-state index >= 15 is 0 Å². The van der Waals surface area contributed by atoms with Crippen molar-refractivity contribution < 1.29 is 0 Å². The van der Waals surface area contributed by atoms with Crippen LogP contribution in [-0.2, 0) is 0 Å². The van der Waals surface area contributed by atoms with Gasteiger partial charge in [-0.05, 0) is 0 Å². The molecule has 5 saturated heterocycles. The number of piperidine rings is 8. The van der Waals surface area contributed by atoms with Gasteiger partial charge in [-0.15, -0.1) is 0 Å². The molecule has 0 aromatic carbocycles. The molecule has 0 amide bonds. The van der Waals surface area contributed by atoms with Crippen molar-refractivity contribution >= 4 is 0 Å². The van der Waals surface area contributed by atoms with Gasteiger partial charge in [0.25, 0.3) is 0 Å². The minimum Gasteiger partial charge on any atom is -0.300 e.